The van der Waals surface area contributed by atoms with E-state index in [0.717, 1.165) is 12.8 Å². The molecule has 2 fully saturated rings. The van der Waals surface area contributed by atoms with E-state index in [4.69, 9.17) is 16.3 Å². The van der Waals surface area contributed by atoms with Crippen molar-refractivity contribution in [1.29, 1.82) is 0 Å². The van der Waals surface area contributed by atoms with Crippen molar-refractivity contribution in [2.75, 3.05) is 7.05 Å². The smallest absolute Gasteiger partial charge is 0.339 e. The van der Waals surface area contributed by atoms with Gasteiger partial charge in [-0.2, -0.15) is 0 Å². The second-order valence-corrected chi connectivity index (χ2v) is 6.39. The van der Waals surface area contributed by atoms with Gasteiger partial charge in [0, 0.05) is 18.5 Å². The molecule has 1 N–H and O–H groups in total. The lowest BCUT2D eigenvalue weighted by Gasteiger charge is -2.40. The van der Waals surface area contributed by atoms with Crippen LogP contribution in [0.4, 0.5) is 0 Å². The first-order valence-electron chi connectivity index (χ1n) is 7.39. The Kier molecular flexibility index (Phi) is 4.10. The molecule has 0 saturated carbocycles. The number of rotatable bonds is 3. The monoisotopic (exact) mass is 323 g/mol. The maximum atomic E-state index is 12.3. The highest BCUT2D eigenvalue weighted by Crippen LogP contribution is 2.40. The minimum Gasteiger partial charge on any atom is -0.481 e. The first-order chi connectivity index (χ1) is 10.5. The van der Waals surface area contributed by atoms with Gasteiger partial charge in [0.05, 0.1) is 10.6 Å². The number of ether oxygens (including phenoxy) is 1. The number of hydrogen-bond donors (Lipinski definition) is 1. The van der Waals surface area contributed by atoms with Crippen molar-refractivity contribution in [1.82, 2.24) is 4.90 Å². The normalized spacial score (nSPS) is 31.0. The number of nitrogens with zero attached hydrogens (tertiary/aromatic N) is 1. The van der Waals surface area contributed by atoms with E-state index in [9.17, 15) is 14.7 Å². The summed E-state index contributed by atoms with van der Waals surface area (Å²) >= 11 is 6.00. The predicted molar refractivity (Wildman–Crippen MR) is 81.0 cm³/mol. The van der Waals surface area contributed by atoms with Gasteiger partial charge in [-0.25, -0.2) is 4.79 Å². The Morgan fingerprint density at radius 2 is 2.05 bits per heavy atom. The molecule has 2 aliphatic heterocycles. The molecule has 0 spiro atoms. The average molecular weight is 324 g/mol. The molecule has 0 radical (unpaired) electrons. The molecule has 0 amide bonds. The Morgan fingerprint density at radius 3 is 2.73 bits per heavy atom. The molecule has 1 aromatic carbocycles. The minimum absolute atomic E-state index is 0.0692. The Hall–Kier alpha value is -1.59. The maximum Gasteiger partial charge on any atom is 0.339 e. The fourth-order valence-corrected chi connectivity index (χ4v) is 3.91. The van der Waals surface area contributed by atoms with E-state index in [1.807, 2.05) is 7.05 Å². The number of carboxylic acid groups (broad SMARTS) is 1. The van der Waals surface area contributed by atoms with Crippen LogP contribution in [0, 0.1) is 5.92 Å². The zero-order chi connectivity index (χ0) is 15.9. The van der Waals surface area contributed by atoms with Crippen LogP contribution in [0.2, 0.25) is 5.02 Å². The van der Waals surface area contributed by atoms with E-state index < -0.39 is 24.0 Å². The largest absolute Gasteiger partial charge is 0.481 e. The second kappa shape index (κ2) is 5.89. The van der Waals surface area contributed by atoms with Crippen LogP contribution in [-0.2, 0) is 9.53 Å². The van der Waals surface area contributed by atoms with Gasteiger partial charge in [0.1, 0.15) is 12.0 Å². The first kappa shape index (κ1) is 15.3. The average Bonchev–Trinajstić information content (AvgIpc) is 2.71. The summed E-state index contributed by atoms with van der Waals surface area (Å²) in [4.78, 5) is 26.1. The number of benzene rings is 1. The molecule has 118 valence electrons. The number of halogens is 1. The van der Waals surface area contributed by atoms with Gasteiger partial charge >= 0.3 is 11.9 Å². The van der Waals surface area contributed by atoms with Crippen LogP contribution in [-0.4, -0.2) is 47.2 Å². The fraction of sp³-hybridized carbons (Fsp3) is 0.500. The molecule has 5 nitrogen and oxygen atoms in total. The van der Waals surface area contributed by atoms with Crippen molar-refractivity contribution in [3.8, 4) is 0 Å². The van der Waals surface area contributed by atoms with Crippen LogP contribution in [0.3, 0.4) is 0 Å². The van der Waals surface area contributed by atoms with Gasteiger partial charge in [-0.05, 0) is 32.0 Å². The summed E-state index contributed by atoms with van der Waals surface area (Å²) in [5.74, 6) is -2.14. The standard InChI is InChI=1S/C16H18ClNO4/c1-18-9-6-7-12(18)14(15(19)20)13(8-9)22-16(21)10-4-2-3-5-11(10)17/h2-5,9,12-14H,6-8H2,1H3,(H,19,20)/t9-,12+,13-,14+/m0/s1. The summed E-state index contributed by atoms with van der Waals surface area (Å²) in [6, 6.07) is 6.85. The van der Waals surface area contributed by atoms with Gasteiger partial charge in [0.2, 0.25) is 0 Å². The van der Waals surface area contributed by atoms with Crippen molar-refractivity contribution in [2.24, 2.45) is 5.92 Å². The lowest BCUT2D eigenvalue weighted by molar-refractivity contribution is -0.152. The molecule has 6 heteroatoms. The van der Waals surface area contributed by atoms with Crippen LogP contribution in [0.5, 0.6) is 0 Å². The Labute approximate surface area is 133 Å². The van der Waals surface area contributed by atoms with E-state index in [2.05, 4.69) is 4.90 Å². The van der Waals surface area contributed by atoms with Crippen molar-refractivity contribution in [2.45, 2.75) is 37.5 Å². The van der Waals surface area contributed by atoms with Gasteiger partial charge < -0.3 is 9.84 Å². The van der Waals surface area contributed by atoms with Crippen molar-refractivity contribution in [3.63, 3.8) is 0 Å². The predicted octanol–water partition coefficient (Wildman–Crippen LogP) is 2.43. The zero-order valence-electron chi connectivity index (χ0n) is 12.2. The molecular formula is C16H18ClNO4. The van der Waals surface area contributed by atoms with E-state index >= 15 is 0 Å². The van der Waals surface area contributed by atoms with Gasteiger partial charge in [-0.3, -0.25) is 9.69 Å². The third-order valence-corrected chi connectivity index (χ3v) is 5.18. The molecule has 1 aromatic rings. The van der Waals surface area contributed by atoms with Gasteiger partial charge in [-0.1, -0.05) is 23.7 Å². The molecule has 2 aliphatic rings. The number of carbonyl (C=O) groups is 2. The van der Waals surface area contributed by atoms with Gasteiger partial charge in [0.15, 0.2) is 0 Å². The number of piperidine rings is 1. The molecule has 2 heterocycles. The lowest BCUT2D eigenvalue weighted by Crippen LogP contribution is -2.53. The molecule has 2 saturated heterocycles. The summed E-state index contributed by atoms with van der Waals surface area (Å²) in [5.41, 5.74) is 0.277. The summed E-state index contributed by atoms with van der Waals surface area (Å²) < 4.78 is 5.53. The minimum atomic E-state index is -0.908. The SMILES string of the molecule is CN1[C@H]2CC[C@@H]1[C@@H](C(=O)O)[C@@H](OC(=O)c1ccccc1Cl)C2. The number of aliphatic carboxylic acids is 1. The molecule has 22 heavy (non-hydrogen) atoms. The van der Waals surface area contributed by atoms with Crippen molar-refractivity contribution >= 4 is 23.5 Å². The Bertz CT molecular complexity index is 606. The second-order valence-electron chi connectivity index (χ2n) is 5.99. The summed E-state index contributed by atoms with van der Waals surface area (Å²) in [6.07, 6.45) is 1.73. The molecule has 3 rings (SSSR count). The number of esters is 1. The number of fused-ring (bicyclic) bond motifs is 2. The maximum absolute atomic E-state index is 12.3. The zero-order valence-corrected chi connectivity index (χ0v) is 13.0. The van der Waals surface area contributed by atoms with Gasteiger partial charge in [0.25, 0.3) is 0 Å². The van der Waals surface area contributed by atoms with Crippen LogP contribution < -0.4 is 0 Å². The Balaban J connectivity index is 1.80. The topological polar surface area (TPSA) is 66.8 Å². The highest BCUT2D eigenvalue weighted by molar-refractivity contribution is 6.33. The molecule has 0 unspecified atom stereocenters. The first-order valence-corrected chi connectivity index (χ1v) is 7.77. The summed E-state index contributed by atoms with van der Waals surface area (Å²) in [5, 5.41) is 9.86. The lowest BCUT2D eigenvalue weighted by atomic mass is 9.87. The third kappa shape index (κ3) is 2.59. The molecular weight excluding hydrogens is 306 g/mol. The summed E-state index contributed by atoms with van der Waals surface area (Å²) in [6.45, 7) is 0. The third-order valence-electron chi connectivity index (χ3n) is 4.85. The van der Waals surface area contributed by atoms with Gasteiger partial charge in [-0.15, -0.1) is 0 Å². The van der Waals surface area contributed by atoms with E-state index in [1.165, 1.54) is 0 Å². The molecule has 0 aliphatic carbocycles. The molecule has 4 atom stereocenters. The Morgan fingerprint density at radius 1 is 1.32 bits per heavy atom. The van der Waals surface area contributed by atoms with Crippen LogP contribution >= 0.6 is 11.6 Å². The van der Waals surface area contributed by atoms with E-state index in [0.29, 0.717) is 11.4 Å². The quantitative estimate of drug-likeness (QED) is 0.865. The number of hydrogen-bond acceptors (Lipinski definition) is 4. The van der Waals surface area contributed by atoms with Crippen LogP contribution in [0.25, 0.3) is 0 Å². The van der Waals surface area contributed by atoms with Crippen molar-refractivity contribution in [3.05, 3.63) is 34.9 Å². The van der Waals surface area contributed by atoms with Crippen LogP contribution in [0.15, 0.2) is 24.3 Å². The van der Waals surface area contributed by atoms with Crippen LogP contribution in [0.1, 0.15) is 29.6 Å². The summed E-state index contributed by atoms with van der Waals surface area (Å²) in [7, 11) is 1.95. The molecule has 2 bridgehead atoms. The molecule has 0 aromatic heterocycles. The fourth-order valence-electron chi connectivity index (χ4n) is 3.69. The van der Waals surface area contributed by atoms with E-state index in [-0.39, 0.29) is 17.6 Å². The number of carbonyl (C=O) groups excluding carboxylic acids is 1. The number of carboxylic acids is 1. The highest BCUT2D eigenvalue weighted by Gasteiger charge is 2.50. The highest BCUT2D eigenvalue weighted by atomic mass is 35.5. The van der Waals surface area contributed by atoms with E-state index in [1.54, 1.807) is 24.3 Å². The van der Waals surface area contributed by atoms with Crippen molar-refractivity contribution < 1.29 is 19.4 Å².